The van der Waals surface area contributed by atoms with Crippen LogP contribution in [0.15, 0.2) is 88.3 Å². The van der Waals surface area contributed by atoms with Gasteiger partial charge in [-0.2, -0.15) is 5.10 Å². The van der Waals surface area contributed by atoms with Crippen molar-refractivity contribution < 1.29 is 13.5 Å². The average molecular weight is 508 g/mol. The zero-order valence-corrected chi connectivity index (χ0v) is 20.4. The van der Waals surface area contributed by atoms with Gasteiger partial charge in [-0.05, 0) is 54.1 Å². The van der Waals surface area contributed by atoms with E-state index in [0.29, 0.717) is 63.4 Å². The number of aryl methyl sites for hydroxylation is 2. The standard InChI is InChI=1S/C29H22FN5O3/c1-37-20-11-9-17(10-12-20)26-25-28(31)32-16-33-29(25)35(34-26)14-13-23-24(18-5-4-6-19(30)15-18)27(36)21-7-2-3-8-22(21)38-23/h2-12,15-16H,13-14H2,1H3,(H2,31,32,33). The van der Waals surface area contributed by atoms with Crippen LogP contribution in [0.1, 0.15) is 5.76 Å². The van der Waals surface area contributed by atoms with Crippen LogP contribution < -0.4 is 15.9 Å². The molecule has 2 N–H and O–H groups in total. The second-order valence-corrected chi connectivity index (χ2v) is 8.74. The van der Waals surface area contributed by atoms with Gasteiger partial charge in [-0.3, -0.25) is 4.79 Å². The molecule has 0 saturated heterocycles. The molecule has 0 aliphatic heterocycles. The highest BCUT2D eigenvalue weighted by Gasteiger charge is 2.20. The summed E-state index contributed by atoms with van der Waals surface area (Å²) in [5.74, 6) is 1.02. The molecule has 0 amide bonds. The molecule has 0 radical (unpaired) electrons. The number of ether oxygens (including phenoxy) is 1. The molecule has 6 rings (SSSR count). The van der Waals surface area contributed by atoms with E-state index in [0.717, 1.165) is 11.3 Å². The summed E-state index contributed by atoms with van der Waals surface area (Å²) >= 11 is 0. The molecule has 0 saturated carbocycles. The van der Waals surface area contributed by atoms with Crippen LogP contribution in [0.2, 0.25) is 0 Å². The largest absolute Gasteiger partial charge is 0.497 e. The Hall–Kier alpha value is -5.05. The summed E-state index contributed by atoms with van der Waals surface area (Å²) in [4.78, 5) is 22.1. The Bertz CT molecular complexity index is 1860. The third kappa shape index (κ3) is 4.03. The number of halogens is 1. The molecule has 0 aliphatic carbocycles. The molecule has 0 atom stereocenters. The maximum absolute atomic E-state index is 14.1. The van der Waals surface area contributed by atoms with Gasteiger partial charge in [0.15, 0.2) is 5.65 Å². The van der Waals surface area contributed by atoms with Gasteiger partial charge in [0, 0.05) is 12.0 Å². The zero-order valence-electron chi connectivity index (χ0n) is 20.4. The number of hydrogen-bond donors (Lipinski definition) is 1. The summed E-state index contributed by atoms with van der Waals surface area (Å²) in [6.45, 7) is 0.326. The number of nitrogens with two attached hydrogens (primary N) is 1. The fourth-order valence-corrected chi connectivity index (χ4v) is 4.65. The van der Waals surface area contributed by atoms with Crippen LogP contribution in [0.3, 0.4) is 0 Å². The second kappa shape index (κ2) is 9.44. The molecule has 188 valence electrons. The third-order valence-electron chi connectivity index (χ3n) is 6.46. The maximum atomic E-state index is 14.1. The summed E-state index contributed by atoms with van der Waals surface area (Å²) in [5, 5.41) is 5.87. The van der Waals surface area contributed by atoms with Gasteiger partial charge in [0.25, 0.3) is 0 Å². The van der Waals surface area contributed by atoms with Crippen molar-refractivity contribution >= 4 is 27.8 Å². The number of nitrogens with zero attached hydrogens (tertiary/aromatic N) is 4. The van der Waals surface area contributed by atoms with Gasteiger partial charge in [-0.1, -0.05) is 24.3 Å². The zero-order chi connectivity index (χ0) is 26.2. The number of aromatic nitrogens is 4. The number of methoxy groups -OCH3 is 1. The summed E-state index contributed by atoms with van der Waals surface area (Å²) < 4.78 is 27.3. The fourth-order valence-electron chi connectivity index (χ4n) is 4.65. The lowest BCUT2D eigenvalue weighted by Crippen LogP contribution is -2.12. The van der Waals surface area contributed by atoms with Crippen LogP contribution in [0.25, 0.3) is 44.4 Å². The van der Waals surface area contributed by atoms with Crippen molar-refractivity contribution in [2.45, 2.75) is 13.0 Å². The first-order chi connectivity index (χ1) is 18.5. The Morgan fingerprint density at radius 2 is 1.82 bits per heavy atom. The Kier molecular flexibility index (Phi) is 5.80. The Morgan fingerprint density at radius 1 is 1.00 bits per heavy atom. The van der Waals surface area contributed by atoms with E-state index in [4.69, 9.17) is 20.0 Å². The minimum absolute atomic E-state index is 0.219. The Labute approximate surface area is 216 Å². The lowest BCUT2D eigenvalue weighted by atomic mass is 10.0. The van der Waals surface area contributed by atoms with Crippen molar-refractivity contribution in [2.75, 3.05) is 12.8 Å². The minimum atomic E-state index is -0.435. The predicted molar refractivity (Wildman–Crippen MR) is 143 cm³/mol. The molecule has 0 bridgehead atoms. The molecule has 6 aromatic rings. The Morgan fingerprint density at radius 3 is 2.61 bits per heavy atom. The smallest absolute Gasteiger partial charge is 0.200 e. The normalized spacial score (nSPS) is 11.3. The molecule has 0 unspecified atom stereocenters. The molecule has 8 nitrogen and oxygen atoms in total. The predicted octanol–water partition coefficient (Wildman–Crippen LogP) is 5.24. The van der Waals surface area contributed by atoms with E-state index in [1.54, 1.807) is 48.2 Å². The van der Waals surface area contributed by atoms with Crippen molar-refractivity contribution in [3.63, 3.8) is 0 Å². The topological polar surface area (TPSA) is 109 Å². The quantitative estimate of drug-likeness (QED) is 0.328. The first-order valence-electron chi connectivity index (χ1n) is 12.0. The number of para-hydroxylation sites is 1. The molecule has 3 aromatic carbocycles. The molecule has 9 heteroatoms. The van der Waals surface area contributed by atoms with Crippen molar-refractivity contribution in [3.8, 4) is 28.1 Å². The number of anilines is 1. The minimum Gasteiger partial charge on any atom is -0.497 e. The van der Waals surface area contributed by atoms with Gasteiger partial charge in [-0.15, -0.1) is 0 Å². The van der Waals surface area contributed by atoms with Crippen LogP contribution in [0.5, 0.6) is 5.75 Å². The highest BCUT2D eigenvalue weighted by molar-refractivity contribution is 5.98. The molecule has 3 aromatic heterocycles. The molecule has 38 heavy (non-hydrogen) atoms. The highest BCUT2D eigenvalue weighted by atomic mass is 19.1. The van der Waals surface area contributed by atoms with Crippen LogP contribution in [0.4, 0.5) is 10.2 Å². The SMILES string of the molecule is COc1ccc(-c2nn(CCc3oc4ccccc4c(=O)c3-c3cccc(F)c3)c3ncnc(N)c23)cc1. The van der Waals surface area contributed by atoms with E-state index < -0.39 is 5.82 Å². The van der Waals surface area contributed by atoms with Crippen molar-refractivity contribution in [3.05, 3.63) is 101 Å². The number of nitrogen functional groups attached to an aromatic ring is 1. The molecule has 3 heterocycles. The number of rotatable bonds is 6. The lowest BCUT2D eigenvalue weighted by Gasteiger charge is -2.11. The van der Waals surface area contributed by atoms with E-state index in [1.807, 2.05) is 24.3 Å². The second-order valence-electron chi connectivity index (χ2n) is 8.74. The summed E-state index contributed by atoms with van der Waals surface area (Å²) in [7, 11) is 1.61. The first kappa shape index (κ1) is 23.4. The molecular weight excluding hydrogens is 485 g/mol. The van der Waals surface area contributed by atoms with E-state index in [-0.39, 0.29) is 5.43 Å². The van der Waals surface area contributed by atoms with Crippen LogP contribution in [-0.2, 0) is 13.0 Å². The molecule has 0 fully saturated rings. The van der Waals surface area contributed by atoms with Crippen LogP contribution in [-0.4, -0.2) is 26.9 Å². The Balaban J connectivity index is 1.46. The van der Waals surface area contributed by atoms with E-state index >= 15 is 0 Å². The number of fused-ring (bicyclic) bond motifs is 2. The van der Waals surface area contributed by atoms with Crippen molar-refractivity contribution in [2.24, 2.45) is 0 Å². The van der Waals surface area contributed by atoms with E-state index in [1.165, 1.54) is 18.5 Å². The summed E-state index contributed by atoms with van der Waals surface area (Å²) in [6.07, 6.45) is 1.69. The van der Waals surface area contributed by atoms with Crippen molar-refractivity contribution in [1.29, 1.82) is 0 Å². The number of benzene rings is 3. The van der Waals surface area contributed by atoms with Gasteiger partial charge in [0.1, 0.15) is 40.7 Å². The van der Waals surface area contributed by atoms with Gasteiger partial charge in [0.05, 0.1) is 30.0 Å². The van der Waals surface area contributed by atoms with Gasteiger partial charge < -0.3 is 14.9 Å². The highest BCUT2D eigenvalue weighted by Crippen LogP contribution is 2.32. The average Bonchev–Trinajstić information content (AvgIpc) is 3.32. The van der Waals surface area contributed by atoms with Crippen LogP contribution >= 0.6 is 0 Å². The van der Waals surface area contributed by atoms with Gasteiger partial charge >= 0.3 is 0 Å². The molecular formula is C29H22FN5O3. The molecule has 0 aliphatic rings. The van der Waals surface area contributed by atoms with E-state index in [9.17, 15) is 9.18 Å². The lowest BCUT2D eigenvalue weighted by molar-refractivity contribution is 0.415. The number of hydrogen-bond acceptors (Lipinski definition) is 7. The molecule has 0 spiro atoms. The van der Waals surface area contributed by atoms with E-state index in [2.05, 4.69) is 9.97 Å². The van der Waals surface area contributed by atoms with Gasteiger partial charge in [0.2, 0.25) is 5.43 Å². The van der Waals surface area contributed by atoms with Crippen LogP contribution in [0, 0.1) is 5.82 Å². The monoisotopic (exact) mass is 507 g/mol. The third-order valence-corrected chi connectivity index (χ3v) is 6.46. The maximum Gasteiger partial charge on any atom is 0.200 e. The summed E-state index contributed by atoms with van der Waals surface area (Å²) in [6, 6.07) is 20.4. The summed E-state index contributed by atoms with van der Waals surface area (Å²) in [5.41, 5.74) is 9.28. The fraction of sp³-hybridized carbons (Fsp3) is 0.103. The van der Waals surface area contributed by atoms with Crippen molar-refractivity contribution in [1.82, 2.24) is 19.7 Å². The van der Waals surface area contributed by atoms with Gasteiger partial charge in [-0.25, -0.2) is 19.0 Å². The first-order valence-corrected chi connectivity index (χ1v) is 12.0.